The Balaban J connectivity index is 1.85. The third kappa shape index (κ3) is 4.07. The van der Waals surface area contributed by atoms with Crippen LogP contribution in [0.2, 0.25) is 0 Å². The standard InChI is InChI=1S/C16H20N2O4/c1-3-11-4-6-12(7-5-11)17-15(20)10(2)22-16(21)13-8-9-14(19)18-13/h4-7,10,13H,3,8-9H2,1-2H3,(H,17,20)(H,18,19)/t10-,13+/m0/s1. The fourth-order valence-electron chi connectivity index (χ4n) is 2.17. The second kappa shape index (κ2) is 7.06. The largest absolute Gasteiger partial charge is 0.451 e. The van der Waals surface area contributed by atoms with E-state index in [0.717, 1.165) is 6.42 Å². The lowest BCUT2D eigenvalue weighted by Gasteiger charge is -2.16. The van der Waals surface area contributed by atoms with Crippen LogP contribution in [0.15, 0.2) is 24.3 Å². The zero-order chi connectivity index (χ0) is 16.1. The summed E-state index contributed by atoms with van der Waals surface area (Å²) >= 11 is 0. The van der Waals surface area contributed by atoms with Gasteiger partial charge in [-0.3, -0.25) is 9.59 Å². The molecule has 1 heterocycles. The zero-order valence-corrected chi connectivity index (χ0v) is 12.7. The minimum atomic E-state index is -0.921. The number of esters is 1. The maximum atomic E-state index is 12.0. The van der Waals surface area contributed by atoms with Gasteiger partial charge in [0.05, 0.1) is 0 Å². The molecule has 2 rings (SSSR count). The highest BCUT2D eigenvalue weighted by molar-refractivity contribution is 5.96. The molecule has 0 saturated carbocycles. The fraction of sp³-hybridized carbons (Fsp3) is 0.438. The van der Waals surface area contributed by atoms with E-state index in [0.29, 0.717) is 18.5 Å². The summed E-state index contributed by atoms with van der Waals surface area (Å²) in [4.78, 5) is 34.9. The minimum Gasteiger partial charge on any atom is -0.451 e. The van der Waals surface area contributed by atoms with Gasteiger partial charge in [0, 0.05) is 12.1 Å². The molecule has 1 aromatic carbocycles. The molecule has 1 aliphatic heterocycles. The summed E-state index contributed by atoms with van der Waals surface area (Å²) in [5, 5.41) is 5.21. The van der Waals surface area contributed by atoms with E-state index in [1.165, 1.54) is 12.5 Å². The second-order valence-corrected chi connectivity index (χ2v) is 5.28. The van der Waals surface area contributed by atoms with Gasteiger partial charge in [0.2, 0.25) is 5.91 Å². The van der Waals surface area contributed by atoms with E-state index in [4.69, 9.17) is 4.74 Å². The molecule has 6 heteroatoms. The van der Waals surface area contributed by atoms with Crippen LogP contribution in [0.4, 0.5) is 5.69 Å². The van der Waals surface area contributed by atoms with Gasteiger partial charge in [-0.15, -0.1) is 0 Å². The van der Waals surface area contributed by atoms with Crippen molar-refractivity contribution in [2.24, 2.45) is 0 Å². The Morgan fingerprint density at radius 2 is 2.05 bits per heavy atom. The molecule has 2 amide bonds. The molecule has 0 aliphatic carbocycles. The van der Waals surface area contributed by atoms with Crippen LogP contribution >= 0.6 is 0 Å². The molecule has 6 nitrogen and oxygen atoms in total. The fourth-order valence-corrected chi connectivity index (χ4v) is 2.17. The summed E-state index contributed by atoms with van der Waals surface area (Å²) in [7, 11) is 0. The first-order chi connectivity index (χ1) is 10.5. The molecule has 2 N–H and O–H groups in total. The van der Waals surface area contributed by atoms with Gasteiger partial charge in [-0.2, -0.15) is 0 Å². The normalized spacial score (nSPS) is 18.5. The van der Waals surface area contributed by atoms with Crippen LogP contribution in [0, 0.1) is 0 Å². The van der Waals surface area contributed by atoms with Crippen molar-refractivity contribution < 1.29 is 19.1 Å². The number of anilines is 1. The van der Waals surface area contributed by atoms with E-state index in [1.54, 1.807) is 0 Å². The van der Waals surface area contributed by atoms with E-state index >= 15 is 0 Å². The van der Waals surface area contributed by atoms with Gasteiger partial charge in [-0.1, -0.05) is 19.1 Å². The molecular formula is C16H20N2O4. The maximum Gasteiger partial charge on any atom is 0.329 e. The van der Waals surface area contributed by atoms with Gasteiger partial charge in [0.25, 0.3) is 5.91 Å². The topological polar surface area (TPSA) is 84.5 Å². The van der Waals surface area contributed by atoms with Crippen LogP contribution in [0.3, 0.4) is 0 Å². The van der Waals surface area contributed by atoms with E-state index in [1.807, 2.05) is 24.3 Å². The molecule has 0 aromatic heterocycles. The summed E-state index contributed by atoms with van der Waals surface area (Å²) < 4.78 is 5.10. The first-order valence-electron chi connectivity index (χ1n) is 7.39. The first-order valence-corrected chi connectivity index (χ1v) is 7.39. The highest BCUT2D eigenvalue weighted by Gasteiger charge is 2.30. The molecule has 1 aliphatic rings. The predicted molar refractivity (Wildman–Crippen MR) is 81.2 cm³/mol. The number of carbonyl (C=O) groups excluding carboxylic acids is 3. The molecule has 1 fully saturated rings. The maximum absolute atomic E-state index is 12.0. The number of rotatable bonds is 5. The number of ether oxygens (including phenoxy) is 1. The van der Waals surface area contributed by atoms with Crippen LogP contribution in [0.5, 0.6) is 0 Å². The second-order valence-electron chi connectivity index (χ2n) is 5.28. The summed E-state index contributed by atoms with van der Waals surface area (Å²) in [6.45, 7) is 3.56. The van der Waals surface area contributed by atoms with Crippen molar-refractivity contribution in [3.05, 3.63) is 29.8 Å². The van der Waals surface area contributed by atoms with Crippen molar-refractivity contribution in [3.63, 3.8) is 0 Å². The van der Waals surface area contributed by atoms with E-state index in [9.17, 15) is 14.4 Å². The van der Waals surface area contributed by atoms with Crippen molar-refractivity contribution in [2.75, 3.05) is 5.32 Å². The Kier molecular flexibility index (Phi) is 5.14. The van der Waals surface area contributed by atoms with Gasteiger partial charge in [0.1, 0.15) is 6.04 Å². The van der Waals surface area contributed by atoms with Gasteiger partial charge in [0.15, 0.2) is 6.10 Å². The van der Waals surface area contributed by atoms with E-state index in [-0.39, 0.29) is 5.91 Å². The lowest BCUT2D eigenvalue weighted by atomic mass is 10.1. The van der Waals surface area contributed by atoms with Crippen LogP contribution < -0.4 is 10.6 Å². The van der Waals surface area contributed by atoms with Gasteiger partial charge in [-0.25, -0.2) is 4.79 Å². The van der Waals surface area contributed by atoms with E-state index in [2.05, 4.69) is 17.6 Å². The molecule has 0 spiro atoms. The number of nitrogens with one attached hydrogen (secondary N) is 2. The van der Waals surface area contributed by atoms with Crippen LogP contribution in [-0.2, 0) is 25.5 Å². The van der Waals surface area contributed by atoms with Crippen molar-refractivity contribution >= 4 is 23.5 Å². The Bertz CT molecular complexity index is 568. The number of carbonyl (C=O) groups is 3. The van der Waals surface area contributed by atoms with Crippen LogP contribution in [0.1, 0.15) is 32.3 Å². The molecule has 118 valence electrons. The smallest absolute Gasteiger partial charge is 0.329 e. The minimum absolute atomic E-state index is 0.171. The lowest BCUT2D eigenvalue weighted by Crippen LogP contribution is -2.39. The van der Waals surface area contributed by atoms with Crippen molar-refractivity contribution in [1.82, 2.24) is 5.32 Å². The van der Waals surface area contributed by atoms with Crippen LogP contribution in [-0.4, -0.2) is 29.9 Å². The van der Waals surface area contributed by atoms with Crippen molar-refractivity contribution in [1.29, 1.82) is 0 Å². The Hall–Kier alpha value is -2.37. The third-order valence-corrected chi connectivity index (χ3v) is 3.57. The summed E-state index contributed by atoms with van der Waals surface area (Å²) in [5.41, 5.74) is 1.83. The van der Waals surface area contributed by atoms with Crippen molar-refractivity contribution in [2.45, 2.75) is 45.3 Å². The van der Waals surface area contributed by atoms with Gasteiger partial charge >= 0.3 is 5.97 Å². The number of aryl methyl sites for hydroxylation is 1. The number of hydrogen-bond acceptors (Lipinski definition) is 4. The number of hydrogen-bond donors (Lipinski definition) is 2. The lowest BCUT2D eigenvalue weighted by molar-refractivity contribution is -0.155. The Labute approximate surface area is 129 Å². The SMILES string of the molecule is CCc1ccc(NC(=O)[C@H](C)OC(=O)[C@H]2CCC(=O)N2)cc1. The molecule has 2 atom stereocenters. The molecule has 1 saturated heterocycles. The van der Waals surface area contributed by atoms with Gasteiger partial charge in [-0.05, 0) is 37.5 Å². The first kappa shape index (κ1) is 16.0. The Morgan fingerprint density at radius 1 is 1.36 bits per heavy atom. The van der Waals surface area contributed by atoms with Crippen molar-refractivity contribution in [3.8, 4) is 0 Å². The average Bonchev–Trinajstić information content (AvgIpc) is 2.94. The quantitative estimate of drug-likeness (QED) is 0.805. The molecule has 22 heavy (non-hydrogen) atoms. The molecular weight excluding hydrogens is 284 g/mol. The number of amides is 2. The molecule has 0 unspecified atom stereocenters. The zero-order valence-electron chi connectivity index (χ0n) is 12.7. The average molecular weight is 304 g/mol. The monoisotopic (exact) mass is 304 g/mol. The highest BCUT2D eigenvalue weighted by Crippen LogP contribution is 2.12. The van der Waals surface area contributed by atoms with Crippen LogP contribution in [0.25, 0.3) is 0 Å². The Morgan fingerprint density at radius 3 is 2.59 bits per heavy atom. The van der Waals surface area contributed by atoms with E-state index < -0.39 is 24.0 Å². The third-order valence-electron chi connectivity index (χ3n) is 3.57. The molecule has 0 bridgehead atoms. The summed E-state index contributed by atoms with van der Waals surface area (Å²) in [5.74, 6) is -1.15. The molecule has 1 aromatic rings. The molecule has 0 radical (unpaired) electrons. The van der Waals surface area contributed by atoms with Gasteiger partial charge < -0.3 is 15.4 Å². The summed E-state index contributed by atoms with van der Waals surface area (Å²) in [6.07, 6.45) is 0.722. The predicted octanol–water partition coefficient (Wildman–Crippen LogP) is 1.40. The summed E-state index contributed by atoms with van der Waals surface area (Å²) in [6, 6.07) is 6.83. The number of benzene rings is 1. The highest BCUT2D eigenvalue weighted by atomic mass is 16.5.